The van der Waals surface area contributed by atoms with Crippen molar-refractivity contribution in [1.82, 2.24) is 5.06 Å². The molecule has 0 aromatic heterocycles. The van der Waals surface area contributed by atoms with Crippen molar-refractivity contribution in [3.05, 3.63) is 60.7 Å². The van der Waals surface area contributed by atoms with Gasteiger partial charge >= 0.3 is 0 Å². The molecule has 186 valence electrons. The van der Waals surface area contributed by atoms with E-state index in [2.05, 4.69) is 69.3 Å². The number of carbonyl (C=O) groups is 1. The topological polar surface area (TPSA) is 68.2 Å². The molecule has 6 nitrogen and oxygen atoms in total. The largest absolute Gasteiger partial charge is 0.407 e. The molecule has 2 atom stereocenters. The van der Waals surface area contributed by atoms with Crippen LogP contribution in [-0.4, -0.2) is 57.7 Å². The summed E-state index contributed by atoms with van der Waals surface area (Å²) >= 11 is 0. The van der Waals surface area contributed by atoms with Crippen LogP contribution in [0.25, 0.3) is 0 Å². The summed E-state index contributed by atoms with van der Waals surface area (Å²) in [5, 5.41) is 13.7. The highest BCUT2D eigenvalue weighted by atomic mass is 28.4. The van der Waals surface area contributed by atoms with Crippen molar-refractivity contribution in [3.63, 3.8) is 0 Å². The second kappa shape index (κ2) is 12.1. The van der Waals surface area contributed by atoms with Crippen LogP contribution in [0.2, 0.25) is 5.04 Å². The zero-order valence-electron chi connectivity index (χ0n) is 20.9. The number of piperidine rings is 1. The molecular formula is C27H39NO5Si. The molecule has 2 aromatic rings. The van der Waals surface area contributed by atoms with Gasteiger partial charge in [0, 0.05) is 19.6 Å². The standard InChI is InChI=1S/C27H39NO5Si/c1-27(2,3)34(24-11-7-5-8-12-24,25-13-9-6-10-14-25)33-20-17-22-15-16-23(28(30)26(22)29)18-19-32-21-31-4/h5-14,22-23,30H,15-21H2,1-4H3/t22-,23+/m0/s1. The first-order chi connectivity index (χ1) is 16.3. The number of hydroxylamine groups is 2. The minimum atomic E-state index is -2.63. The van der Waals surface area contributed by atoms with E-state index < -0.39 is 8.32 Å². The number of hydrogen-bond donors (Lipinski definition) is 1. The number of rotatable bonds is 11. The fourth-order valence-corrected chi connectivity index (χ4v) is 9.60. The molecule has 3 rings (SSSR count). The highest BCUT2D eigenvalue weighted by molar-refractivity contribution is 6.99. The number of amides is 1. The Morgan fingerprint density at radius 2 is 1.53 bits per heavy atom. The average Bonchev–Trinajstić information content (AvgIpc) is 2.83. The number of hydrogen-bond acceptors (Lipinski definition) is 5. The van der Waals surface area contributed by atoms with Crippen LogP contribution in [0.4, 0.5) is 0 Å². The van der Waals surface area contributed by atoms with E-state index in [1.807, 2.05) is 12.1 Å². The van der Waals surface area contributed by atoms with E-state index in [-0.39, 0.29) is 29.7 Å². The van der Waals surface area contributed by atoms with E-state index in [1.165, 1.54) is 10.4 Å². The maximum Gasteiger partial charge on any atom is 0.261 e. The van der Waals surface area contributed by atoms with E-state index in [0.29, 0.717) is 26.1 Å². The molecule has 1 amide bonds. The van der Waals surface area contributed by atoms with Gasteiger partial charge in [-0.1, -0.05) is 81.4 Å². The van der Waals surface area contributed by atoms with Gasteiger partial charge in [0.2, 0.25) is 5.91 Å². The lowest BCUT2D eigenvalue weighted by Crippen LogP contribution is -2.66. The maximum atomic E-state index is 12.9. The minimum absolute atomic E-state index is 0.109. The normalized spacial score (nSPS) is 19.4. The van der Waals surface area contributed by atoms with E-state index in [9.17, 15) is 10.0 Å². The summed E-state index contributed by atoms with van der Waals surface area (Å²) in [5.74, 6) is -0.451. The molecule has 0 radical (unpaired) electrons. The number of nitrogens with zero attached hydrogens (tertiary/aromatic N) is 1. The van der Waals surface area contributed by atoms with Crippen LogP contribution in [0.3, 0.4) is 0 Å². The Hall–Kier alpha value is -2.03. The van der Waals surface area contributed by atoms with Crippen LogP contribution in [0.1, 0.15) is 46.5 Å². The molecule has 0 spiro atoms. The summed E-state index contributed by atoms with van der Waals surface area (Å²) in [6, 6.07) is 20.8. The lowest BCUT2D eigenvalue weighted by atomic mass is 9.90. The fraction of sp³-hybridized carbons (Fsp3) is 0.519. The molecule has 2 aromatic carbocycles. The Labute approximate surface area is 204 Å². The van der Waals surface area contributed by atoms with Crippen molar-refractivity contribution in [2.75, 3.05) is 27.1 Å². The van der Waals surface area contributed by atoms with Crippen LogP contribution in [0, 0.1) is 5.92 Å². The Kier molecular flexibility index (Phi) is 9.45. The Bertz CT molecular complexity index is 847. The molecular weight excluding hydrogens is 446 g/mol. The van der Waals surface area contributed by atoms with Gasteiger partial charge in [0.05, 0.1) is 12.6 Å². The Balaban J connectivity index is 1.72. The van der Waals surface area contributed by atoms with Gasteiger partial charge in [0.15, 0.2) is 0 Å². The van der Waals surface area contributed by atoms with Gasteiger partial charge in [-0.2, -0.15) is 0 Å². The van der Waals surface area contributed by atoms with Gasteiger partial charge in [-0.15, -0.1) is 0 Å². The number of carbonyl (C=O) groups excluding carboxylic acids is 1. The van der Waals surface area contributed by atoms with Crippen LogP contribution < -0.4 is 10.4 Å². The van der Waals surface area contributed by atoms with Crippen molar-refractivity contribution in [3.8, 4) is 0 Å². The number of ether oxygens (including phenoxy) is 2. The molecule has 1 fully saturated rings. The molecule has 7 heteroatoms. The third-order valence-electron chi connectivity index (χ3n) is 6.77. The third-order valence-corrected chi connectivity index (χ3v) is 11.8. The van der Waals surface area contributed by atoms with Crippen molar-refractivity contribution in [1.29, 1.82) is 0 Å². The molecule has 34 heavy (non-hydrogen) atoms. The zero-order chi connectivity index (χ0) is 24.6. The van der Waals surface area contributed by atoms with Gasteiger partial charge in [0.1, 0.15) is 6.79 Å². The van der Waals surface area contributed by atoms with Crippen LogP contribution in [0.5, 0.6) is 0 Å². The summed E-state index contributed by atoms with van der Waals surface area (Å²) in [6.07, 6.45) is 2.68. The van der Waals surface area contributed by atoms with Gasteiger partial charge in [-0.05, 0) is 41.1 Å². The SMILES string of the molecule is COCOCC[C@H]1CC[C@@H](CCO[Si](c2ccccc2)(c2ccccc2)C(C)(C)C)C(=O)N1O. The summed E-state index contributed by atoms with van der Waals surface area (Å²) in [7, 11) is -1.06. The number of benzene rings is 2. The fourth-order valence-electron chi connectivity index (χ4n) is 5.02. The summed E-state index contributed by atoms with van der Waals surface area (Å²) in [4.78, 5) is 12.9. The summed E-state index contributed by atoms with van der Waals surface area (Å²) < 4.78 is 17.1. The van der Waals surface area contributed by atoms with Crippen molar-refractivity contribution in [2.45, 2.75) is 57.5 Å². The maximum absolute atomic E-state index is 12.9. The van der Waals surface area contributed by atoms with Gasteiger partial charge in [0.25, 0.3) is 8.32 Å². The minimum Gasteiger partial charge on any atom is -0.407 e. The van der Waals surface area contributed by atoms with E-state index >= 15 is 0 Å². The monoisotopic (exact) mass is 485 g/mol. The first-order valence-corrected chi connectivity index (χ1v) is 14.1. The average molecular weight is 486 g/mol. The molecule has 1 heterocycles. The predicted molar refractivity (Wildman–Crippen MR) is 136 cm³/mol. The molecule has 1 aliphatic rings. The van der Waals surface area contributed by atoms with Gasteiger partial charge in [-0.3, -0.25) is 10.0 Å². The first kappa shape index (κ1) is 26.6. The van der Waals surface area contributed by atoms with Crippen LogP contribution in [0.15, 0.2) is 60.7 Å². The molecule has 0 bridgehead atoms. The summed E-state index contributed by atoms with van der Waals surface area (Å²) in [6.45, 7) is 7.88. The molecule has 1 N–H and O–H groups in total. The molecule has 1 saturated heterocycles. The Morgan fingerprint density at radius 1 is 0.941 bits per heavy atom. The predicted octanol–water partition coefficient (Wildman–Crippen LogP) is 3.96. The quantitative estimate of drug-likeness (QED) is 0.226. The lowest BCUT2D eigenvalue weighted by molar-refractivity contribution is -0.191. The molecule has 0 unspecified atom stereocenters. The van der Waals surface area contributed by atoms with Crippen molar-refractivity contribution in [2.24, 2.45) is 5.92 Å². The molecule has 0 saturated carbocycles. The lowest BCUT2D eigenvalue weighted by Gasteiger charge is -2.43. The van der Waals surface area contributed by atoms with Crippen molar-refractivity contribution >= 4 is 24.6 Å². The van der Waals surface area contributed by atoms with E-state index in [1.54, 1.807) is 7.11 Å². The van der Waals surface area contributed by atoms with Crippen molar-refractivity contribution < 1.29 is 23.9 Å². The zero-order valence-corrected chi connectivity index (χ0v) is 21.9. The smallest absolute Gasteiger partial charge is 0.261 e. The second-order valence-electron chi connectivity index (χ2n) is 10.0. The van der Waals surface area contributed by atoms with Gasteiger partial charge < -0.3 is 13.9 Å². The highest BCUT2D eigenvalue weighted by Gasteiger charge is 2.50. The summed E-state index contributed by atoms with van der Waals surface area (Å²) in [5.41, 5.74) is 0. The van der Waals surface area contributed by atoms with Gasteiger partial charge in [-0.25, -0.2) is 5.06 Å². The molecule has 1 aliphatic heterocycles. The Morgan fingerprint density at radius 3 is 2.06 bits per heavy atom. The highest BCUT2D eigenvalue weighted by Crippen LogP contribution is 2.37. The molecule has 0 aliphatic carbocycles. The first-order valence-electron chi connectivity index (χ1n) is 12.1. The van der Waals surface area contributed by atoms with Crippen LogP contribution >= 0.6 is 0 Å². The second-order valence-corrected chi connectivity index (χ2v) is 14.3. The number of methoxy groups -OCH3 is 1. The van der Waals surface area contributed by atoms with Crippen LogP contribution in [-0.2, 0) is 18.7 Å². The van der Waals surface area contributed by atoms with E-state index in [4.69, 9.17) is 13.9 Å². The third kappa shape index (κ3) is 5.96. The van der Waals surface area contributed by atoms with E-state index in [0.717, 1.165) is 17.9 Å².